The van der Waals surface area contributed by atoms with Gasteiger partial charge in [-0.2, -0.15) is 0 Å². The Labute approximate surface area is 144 Å². The number of aromatic nitrogens is 1. The highest BCUT2D eigenvalue weighted by atomic mass is 16.5. The van der Waals surface area contributed by atoms with Gasteiger partial charge in [0.2, 0.25) is 11.8 Å². The van der Waals surface area contributed by atoms with Crippen molar-refractivity contribution in [1.82, 2.24) is 5.16 Å². The summed E-state index contributed by atoms with van der Waals surface area (Å²) < 4.78 is 5.21. The Morgan fingerprint density at radius 2 is 1.68 bits per heavy atom. The first-order valence-corrected chi connectivity index (χ1v) is 8.23. The van der Waals surface area contributed by atoms with Crippen LogP contribution < -0.4 is 10.6 Å². The molecular formula is C19H17N3O3. The zero-order valence-corrected chi connectivity index (χ0v) is 13.5. The largest absolute Gasteiger partial charge is 0.356 e. The summed E-state index contributed by atoms with van der Waals surface area (Å²) in [5.74, 6) is 0.0557. The van der Waals surface area contributed by atoms with Crippen molar-refractivity contribution in [1.29, 1.82) is 0 Å². The van der Waals surface area contributed by atoms with E-state index in [1.54, 1.807) is 24.3 Å². The van der Waals surface area contributed by atoms with Gasteiger partial charge in [0.1, 0.15) is 5.69 Å². The molecular weight excluding hydrogens is 318 g/mol. The van der Waals surface area contributed by atoms with E-state index in [4.69, 9.17) is 4.52 Å². The lowest BCUT2D eigenvalue weighted by Gasteiger charge is -2.07. The molecule has 6 heteroatoms. The second-order valence-corrected chi connectivity index (χ2v) is 6.19. The Hall–Kier alpha value is -3.15. The van der Waals surface area contributed by atoms with Crippen LogP contribution in [0.2, 0.25) is 0 Å². The van der Waals surface area contributed by atoms with Gasteiger partial charge in [0, 0.05) is 22.7 Å². The van der Waals surface area contributed by atoms with Crippen molar-refractivity contribution in [3.05, 3.63) is 54.2 Å². The minimum atomic E-state index is -0.172. The first kappa shape index (κ1) is 15.4. The van der Waals surface area contributed by atoms with Gasteiger partial charge in [0.05, 0.1) is 6.42 Å². The van der Waals surface area contributed by atoms with Gasteiger partial charge in [-0.25, -0.2) is 0 Å². The first-order valence-electron chi connectivity index (χ1n) is 8.23. The molecule has 0 radical (unpaired) electrons. The Morgan fingerprint density at radius 1 is 1.00 bits per heavy atom. The van der Waals surface area contributed by atoms with Crippen LogP contribution in [-0.4, -0.2) is 17.0 Å². The second-order valence-electron chi connectivity index (χ2n) is 6.19. The lowest BCUT2D eigenvalue weighted by molar-refractivity contribution is -0.117. The molecule has 25 heavy (non-hydrogen) atoms. The van der Waals surface area contributed by atoms with Crippen molar-refractivity contribution in [2.45, 2.75) is 19.3 Å². The first-order chi connectivity index (χ1) is 12.2. The Bertz CT molecular complexity index is 926. The molecule has 3 aromatic rings. The van der Waals surface area contributed by atoms with Gasteiger partial charge in [0.25, 0.3) is 0 Å². The van der Waals surface area contributed by atoms with Gasteiger partial charge in [-0.1, -0.05) is 17.3 Å². The molecule has 0 saturated heterocycles. The van der Waals surface area contributed by atoms with E-state index in [0.29, 0.717) is 17.0 Å². The van der Waals surface area contributed by atoms with Crippen LogP contribution in [0.5, 0.6) is 0 Å². The maximum Gasteiger partial charge on any atom is 0.230 e. The Balaban J connectivity index is 1.38. The number of amides is 2. The molecule has 6 nitrogen and oxygen atoms in total. The molecule has 0 aliphatic heterocycles. The highest BCUT2D eigenvalue weighted by Gasteiger charge is 2.29. The molecule has 1 aliphatic rings. The summed E-state index contributed by atoms with van der Waals surface area (Å²) in [4.78, 5) is 23.9. The van der Waals surface area contributed by atoms with Crippen LogP contribution in [-0.2, 0) is 16.0 Å². The summed E-state index contributed by atoms with van der Waals surface area (Å²) in [7, 11) is 0. The van der Waals surface area contributed by atoms with Gasteiger partial charge in [0.15, 0.2) is 5.58 Å². The average Bonchev–Trinajstić information content (AvgIpc) is 3.40. The zero-order valence-electron chi connectivity index (χ0n) is 13.5. The Morgan fingerprint density at radius 3 is 2.40 bits per heavy atom. The summed E-state index contributed by atoms with van der Waals surface area (Å²) in [5.41, 5.74) is 2.68. The fraction of sp³-hybridized carbons (Fsp3) is 0.211. The molecule has 2 aromatic carbocycles. The monoisotopic (exact) mass is 335 g/mol. The number of hydrogen-bond donors (Lipinski definition) is 2. The van der Waals surface area contributed by atoms with Gasteiger partial charge in [-0.3, -0.25) is 9.59 Å². The standard InChI is InChI=1S/C19H17N3O3/c23-18(11-16-15-3-1-2-4-17(15)25-22-16)20-13-7-9-14(10-8-13)21-19(24)12-5-6-12/h1-4,7-10,12H,5-6,11H2,(H,20,23)(H,21,24). The topological polar surface area (TPSA) is 84.2 Å². The van der Waals surface area contributed by atoms with E-state index in [-0.39, 0.29) is 24.2 Å². The molecule has 0 atom stereocenters. The smallest absolute Gasteiger partial charge is 0.230 e. The van der Waals surface area contributed by atoms with E-state index in [1.807, 2.05) is 24.3 Å². The predicted octanol–water partition coefficient (Wildman–Crippen LogP) is 3.36. The molecule has 2 amide bonds. The third-order valence-corrected chi connectivity index (χ3v) is 4.16. The van der Waals surface area contributed by atoms with Crippen LogP contribution in [0.25, 0.3) is 11.0 Å². The number of hydrogen-bond acceptors (Lipinski definition) is 4. The number of rotatable bonds is 5. The molecule has 2 N–H and O–H groups in total. The predicted molar refractivity (Wildman–Crippen MR) is 94.1 cm³/mol. The van der Waals surface area contributed by atoms with Crippen LogP contribution in [0.3, 0.4) is 0 Å². The number of benzene rings is 2. The highest BCUT2D eigenvalue weighted by Crippen LogP contribution is 2.30. The summed E-state index contributed by atoms with van der Waals surface area (Å²) in [5, 5.41) is 10.5. The average molecular weight is 335 g/mol. The summed E-state index contributed by atoms with van der Waals surface area (Å²) in [6, 6.07) is 14.5. The second kappa shape index (κ2) is 6.39. The van der Waals surface area contributed by atoms with E-state index in [2.05, 4.69) is 15.8 Å². The third kappa shape index (κ3) is 3.52. The van der Waals surface area contributed by atoms with Gasteiger partial charge in [-0.05, 0) is 49.2 Å². The van der Waals surface area contributed by atoms with E-state index in [1.165, 1.54) is 0 Å². The number of carbonyl (C=O) groups excluding carboxylic acids is 2. The van der Waals surface area contributed by atoms with Gasteiger partial charge >= 0.3 is 0 Å². The van der Waals surface area contributed by atoms with Crippen LogP contribution in [0.1, 0.15) is 18.5 Å². The molecule has 4 rings (SSSR count). The van der Waals surface area contributed by atoms with E-state index in [0.717, 1.165) is 23.9 Å². The Kier molecular flexibility index (Phi) is 3.93. The van der Waals surface area contributed by atoms with E-state index in [9.17, 15) is 9.59 Å². The van der Waals surface area contributed by atoms with Crippen molar-refractivity contribution in [3.63, 3.8) is 0 Å². The molecule has 126 valence electrons. The summed E-state index contributed by atoms with van der Waals surface area (Å²) in [6.07, 6.45) is 2.07. The minimum absolute atomic E-state index is 0.0645. The molecule has 0 bridgehead atoms. The fourth-order valence-corrected chi connectivity index (χ4v) is 2.65. The van der Waals surface area contributed by atoms with E-state index < -0.39 is 0 Å². The maximum atomic E-state index is 12.2. The summed E-state index contributed by atoms with van der Waals surface area (Å²) in [6.45, 7) is 0. The number of carbonyl (C=O) groups is 2. The van der Waals surface area contributed by atoms with Crippen LogP contribution in [0, 0.1) is 5.92 Å². The van der Waals surface area contributed by atoms with Gasteiger partial charge < -0.3 is 15.2 Å². The fourth-order valence-electron chi connectivity index (χ4n) is 2.65. The molecule has 0 spiro atoms. The lowest BCUT2D eigenvalue weighted by Crippen LogP contribution is -2.15. The van der Waals surface area contributed by atoms with Crippen molar-refractivity contribution in [3.8, 4) is 0 Å². The van der Waals surface area contributed by atoms with Crippen molar-refractivity contribution < 1.29 is 14.1 Å². The zero-order chi connectivity index (χ0) is 17.2. The normalized spacial score (nSPS) is 13.6. The van der Waals surface area contributed by atoms with Crippen LogP contribution in [0.4, 0.5) is 11.4 Å². The number of fused-ring (bicyclic) bond motifs is 1. The third-order valence-electron chi connectivity index (χ3n) is 4.16. The highest BCUT2D eigenvalue weighted by molar-refractivity contribution is 5.96. The van der Waals surface area contributed by atoms with Crippen molar-refractivity contribution >= 4 is 34.2 Å². The number of nitrogens with one attached hydrogen (secondary N) is 2. The molecule has 1 aromatic heterocycles. The van der Waals surface area contributed by atoms with Crippen molar-refractivity contribution in [2.75, 3.05) is 10.6 Å². The quantitative estimate of drug-likeness (QED) is 0.749. The molecule has 1 fully saturated rings. The molecule has 1 saturated carbocycles. The SMILES string of the molecule is O=C(Cc1noc2ccccc12)Nc1ccc(NC(=O)C2CC2)cc1. The lowest BCUT2D eigenvalue weighted by atomic mass is 10.1. The van der Waals surface area contributed by atoms with Crippen LogP contribution in [0.15, 0.2) is 53.1 Å². The molecule has 0 unspecified atom stereocenters. The molecule has 1 heterocycles. The van der Waals surface area contributed by atoms with E-state index >= 15 is 0 Å². The van der Waals surface area contributed by atoms with Crippen molar-refractivity contribution in [2.24, 2.45) is 5.92 Å². The van der Waals surface area contributed by atoms with Crippen LogP contribution >= 0.6 is 0 Å². The molecule has 1 aliphatic carbocycles. The van der Waals surface area contributed by atoms with Gasteiger partial charge in [-0.15, -0.1) is 0 Å². The number of para-hydroxylation sites is 1. The summed E-state index contributed by atoms with van der Waals surface area (Å²) >= 11 is 0. The number of nitrogens with zero attached hydrogens (tertiary/aromatic N) is 1. The maximum absolute atomic E-state index is 12.2. The number of anilines is 2. The minimum Gasteiger partial charge on any atom is -0.356 e.